The number of methoxy groups -OCH3 is 1. The molecule has 3 nitrogen and oxygen atoms in total. The van der Waals surface area contributed by atoms with E-state index in [0.29, 0.717) is 0 Å². The van der Waals surface area contributed by atoms with E-state index in [-0.39, 0.29) is 18.1 Å². The molecule has 0 aliphatic carbocycles. The van der Waals surface area contributed by atoms with Crippen LogP contribution >= 0.6 is 32.9 Å². The molecular formula is C21H18FNO2S3. The lowest BCUT2D eigenvalue weighted by Crippen LogP contribution is -2.48. The van der Waals surface area contributed by atoms with Gasteiger partial charge in [0.05, 0.1) is 29.6 Å². The minimum atomic E-state index is -0.535. The lowest BCUT2D eigenvalue weighted by atomic mass is 9.87. The van der Waals surface area contributed by atoms with Crippen LogP contribution in [-0.4, -0.2) is 13.0 Å². The Balaban J connectivity index is 1.84. The summed E-state index contributed by atoms with van der Waals surface area (Å²) >= 11 is 5.60. The van der Waals surface area contributed by atoms with Crippen LogP contribution in [0.4, 0.5) is 10.1 Å². The summed E-state index contributed by atoms with van der Waals surface area (Å²) in [6.45, 7) is 4.08. The zero-order valence-corrected chi connectivity index (χ0v) is 18.1. The predicted octanol–water partition coefficient (Wildman–Crippen LogP) is 6.18. The Hall–Kier alpha value is -2.09. The minimum absolute atomic E-state index is 0.0435. The topological polar surface area (TPSA) is 29.5 Å². The fraction of sp³-hybridized carbons (Fsp3) is 0.238. The number of carbonyl (C=O) groups excluding carboxylic acids is 1. The summed E-state index contributed by atoms with van der Waals surface area (Å²) in [5.74, 6) is 0.369. The Morgan fingerprint density at radius 3 is 2.57 bits per heavy atom. The van der Waals surface area contributed by atoms with E-state index in [1.165, 1.54) is 12.1 Å². The average Bonchev–Trinajstić information content (AvgIpc) is 3.06. The SMILES string of the molecule is COc1ccc2c(c1)-c1c(ssc1=S)C(C)(C)N2C(=O)Cc1ccc(F)cc1. The molecule has 3 aromatic rings. The number of ether oxygens (including phenoxy) is 1. The van der Waals surface area contributed by atoms with Crippen LogP contribution in [0.25, 0.3) is 11.1 Å². The second-order valence-electron chi connectivity index (χ2n) is 7.13. The predicted molar refractivity (Wildman–Crippen MR) is 116 cm³/mol. The van der Waals surface area contributed by atoms with E-state index >= 15 is 0 Å². The van der Waals surface area contributed by atoms with Gasteiger partial charge in [0.1, 0.15) is 15.4 Å². The van der Waals surface area contributed by atoms with Gasteiger partial charge in [-0.25, -0.2) is 4.39 Å². The zero-order chi connectivity index (χ0) is 20.1. The first-order valence-corrected chi connectivity index (χ1v) is 11.3. The van der Waals surface area contributed by atoms with Crippen LogP contribution < -0.4 is 9.64 Å². The maximum Gasteiger partial charge on any atom is 0.232 e. The van der Waals surface area contributed by atoms with Crippen molar-refractivity contribution in [3.05, 3.63) is 62.5 Å². The molecule has 1 aliphatic rings. The molecule has 0 atom stereocenters. The van der Waals surface area contributed by atoms with Crippen LogP contribution in [0.1, 0.15) is 24.3 Å². The number of amides is 1. The van der Waals surface area contributed by atoms with E-state index in [4.69, 9.17) is 17.0 Å². The maximum absolute atomic E-state index is 13.4. The van der Waals surface area contributed by atoms with Crippen molar-refractivity contribution in [2.24, 2.45) is 0 Å². The van der Waals surface area contributed by atoms with Crippen molar-refractivity contribution in [1.29, 1.82) is 0 Å². The standard InChI is InChI=1S/C21H18FNO2S3/c1-21(2)19-18(20(26)28-27-19)15-11-14(25-3)8-9-16(15)23(21)17(24)10-12-4-6-13(22)7-5-12/h4-9,11H,10H2,1-3H3. The largest absolute Gasteiger partial charge is 0.497 e. The number of anilines is 1. The number of benzene rings is 2. The normalized spacial score (nSPS) is 14.4. The van der Waals surface area contributed by atoms with Gasteiger partial charge in [0.2, 0.25) is 5.91 Å². The average molecular weight is 432 g/mol. The third-order valence-corrected chi connectivity index (χ3v) is 8.31. The highest BCUT2D eigenvalue weighted by molar-refractivity contribution is 7.80. The van der Waals surface area contributed by atoms with Gasteiger partial charge in [0.25, 0.3) is 0 Å². The number of hydrogen-bond acceptors (Lipinski definition) is 5. The number of nitrogens with zero attached hydrogens (tertiary/aromatic N) is 1. The summed E-state index contributed by atoms with van der Waals surface area (Å²) in [6.07, 6.45) is 0.194. The third-order valence-electron chi connectivity index (χ3n) is 4.98. The number of rotatable bonds is 3. The maximum atomic E-state index is 13.4. The van der Waals surface area contributed by atoms with Gasteiger partial charge >= 0.3 is 0 Å². The molecule has 0 bridgehead atoms. The molecule has 0 saturated heterocycles. The number of fused-ring (bicyclic) bond motifs is 3. The van der Waals surface area contributed by atoms with Gasteiger partial charge in [-0.15, -0.1) is 0 Å². The van der Waals surface area contributed by atoms with Gasteiger partial charge in [0.15, 0.2) is 0 Å². The second-order valence-corrected chi connectivity index (χ2v) is 9.95. The molecule has 1 aromatic heterocycles. The van der Waals surface area contributed by atoms with E-state index in [1.54, 1.807) is 39.9 Å². The Bertz CT molecular complexity index is 1120. The number of carbonyl (C=O) groups is 1. The fourth-order valence-electron chi connectivity index (χ4n) is 3.64. The summed E-state index contributed by atoms with van der Waals surface area (Å²) in [5, 5.41) is 0. The monoisotopic (exact) mass is 431 g/mol. The van der Waals surface area contributed by atoms with E-state index in [9.17, 15) is 9.18 Å². The van der Waals surface area contributed by atoms with Gasteiger partial charge in [-0.05, 0) is 49.7 Å². The molecule has 4 rings (SSSR count). The van der Waals surface area contributed by atoms with Crippen molar-refractivity contribution in [3.63, 3.8) is 0 Å². The molecule has 0 saturated carbocycles. The molecule has 0 spiro atoms. The van der Waals surface area contributed by atoms with E-state index in [0.717, 1.165) is 36.8 Å². The molecule has 0 radical (unpaired) electrons. The Kier molecular flexibility index (Phi) is 4.85. The van der Waals surface area contributed by atoms with Gasteiger partial charge < -0.3 is 9.64 Å². The van der Waals surface area contributed by atoms with Crippen LogP contribution in [-0.2, 0) is 16.8 Å². The van der Waals surface area contributed by atoms with Crippen molar-refractivity contribution in [2.75, 3.05) is 12.0 Å². The highest BCUT2D eigenvalue weighted by atomic mass is 32.9. The molecule has 28 heavy (non-hydrogen) atoms. The van der Waals surface area contributed by atoms with Crippen LogP contribution in [0, 0.1) is 9.64 Å². The van der Waals surface area contributed by atoms with Crippen molar-refractivity contribution in [1.82, 2.24) is 0 Å². The fourth-order valence-corrected chi connectivity index (χ4v) is 6.92. The Morgan fingerprint density at radius 2 is 1.89 bits per heavy atom. The van der Waals surface area contributed by atoms with Crippen molar-refractivity contribution >= 4 is 44.5 Å². The second kappa shape index (κ2) is 7.06. The van der Waals surface area contributed by atoms with E-state index in [2.05, 4.69) is 0 Å². The molecule has 0 N–H and O–H groups in total. The van der Waals surface area contributed by atoms with Gasteiger partial charge in [-0.3, -0.25) is 4.79 Å². The van der Waals surface area contributed by atoms with Crippen LogP contribution in [0.15, 0.2) is 42.5 Å². The van der Waals surface area contributed by atoms with E-state index in [1.807, 2.05) is 36.9 Å². The van der Waals surface area contributed by atoms with Crippen LogP contribution in [0.2, 0.25) is 0 Å². The zero-order valence-electron chi connectivity index (χ0n) is 15.6. The molecule has 144 valence electrons. The summed E-state index contributed by atoms with van der Waals surface area (Å²) < 4.78 is 19.5. The molecule has 2 aromatic carbocycles. The Labute approximate surface area is 175 Å². The number of hydrogen-bond donors (Lipinski definition) is 0. The van der Waals surface area contributed by atoms with Crippen molar-refractivity contribution in [2.45, 2.75) is 25.8 Å². The smallest absolute Gasteiger partial charge is 0.232 e. The van der Waals surface area contributed by atoms with Crippen LogP contribution in [0.5, 0.6) is 5.75 Å². The molecule has 0 fully saturated rings. The molecular weight excluding hydrogens is 413 g/mol. The third kappa shape index (κ3) is 3.07. The van der Waals surface area contributed by atoms with Crippen molar-refractivity contribution in [3.8, 4) is 16.9 Å². The van der Waals surface area contributed by atoms with Gasteiger partial charge in [-0.1, -0.05) is 45.0 Å². The van der Waals surface area contributed by atoms with Crippen molar-refractivity contribution < 1.29 is 13.9 Å². The molecule has 7 heteroatoms. The summed E-state index contributed by atoms with van der Waals surface area (Å²) in [6, 6.07) is 11.8. The molecule has 2 heterocycles. The molecule has 0 unspecified atom stereocenters. The summed E-state index contributed by atoms with van der Waals surface area (Å²) in [5.41, 5.74) is 3.01. The van der Waals surface area contributed by atoms with Gasteiger partial charge in [0, 0.05) is 11.1 Å². The first kappa shape index (κ1) is 19.2. The lowest BCUT2D eigenvalue weighted by Gasteiger charge is -2.43. The quantitative estimate of drug-likeness (QED) is 0.366. The summed E-state index contributed by atoms with van der Waals surface area (Å²) in [4.78, 5) is 16.3. The lowest BCUT2D eigenvalue weighted by molar-refractivity contribution is -0.119. The Morgan fingerprint density at radius 1 is 1.18 bits per heavy atom. The first-order valence-electron chi connectivity index (χ1n) is 8.72. The highest BCUT2D eigenvalue weighted by Gasteiger charge is 2.42. The highest BCUT2D eigenvalue weighted by Crippen LogP contribution is 2.52. The molecule has 1 aliphatic heterocycles. The molecule has 1 amide bonds. The minimum Gasteiger partial charge on any atom is -0.497 e. The van der Waals surface area contributed by atoms with Crippen LogP contribution in [0.3, 0.4) is 0 Å². The number of halogens is 1. The van der Waals surface area contributed by atoms with Gasteiger partial charge in [-0.2, -0.15) is 0 Å². The first-order chi connectivity index (χ1) is 13.3. The summed E-state index contributed by atoms with van der Waals surface area (Å²) in [7, 11) is 4.80. The van der Waals surface area contributed by atoms with E-state index < -0.39 is 5.54 Å².